The first-order chi connectivity index (χ1) is 36.1. The maximum Gasteiger partial charge on any atom is 0.354 e. The van der Waals surface area contributed by atoms with Gasteiger partial charge in [-0.1, -0.05) is 44.2 Å². The Hall–Kier alpha value is -7.99. The number of aliphatic hydroxyl groups excluding tert-OH is 2. The third kappa shape index (κ3) is 21.1. The number of urea groups is 4. The lowest BCUT2D eigenvalue weighted by Gasteiger charge is -2.30. The number of para-hydroxylation sites is 1. The zero-order valence-electron chi connectivity index (χ0n) is 43.2. The molecular formula is C47H75N17O12. The van der Waals surface area contributed by atoms with Gasteiger partial charge in [0.15, 0.2) is 0 Å². The molecule has 0 saturated carbocycles. The van der Waals surface area contributed by atoms with Crippen molar-refractivity contribution in [2.75, 3.05) is 52.9 Å². The number of phenols is 1. The number of unbranched alkanes of at least 4 members (excludes halogenated alkanes) is 2. The highest BCUT2D eigenvalue weighted by atomic mass is 16.3. The first-order valence-corrected chi connectivity index (χ1v) is 24.6. The second-order valence-corrected chi connectivity index (χ2v) is 18.2. The van der Waals surface area contributed by atoms with E-state index in [0.717, 1.165) is 15.0 Å². The molecule has 0 aliphatic rings. The molecule has 76 heavy (non-hydrogen) atoms. The minimum Gasteiger partial charge on any atom is -0.508 e. The number of nitrogens with zero attached hydrogens (tertiary/aromatic N) is 4. The lowest BCUT2D eigenvalue weighted by Crippen LogP contribution is -2.62. The van der Waals surface area contributed by atoms with E-state index < -0.39 is 97.1 Å². The van der Waals surface area contributed by atoms with Gasteiger partial charge in [0.25, 0.3) is 5.91 Å². The van der Waals surface area contributed by atoms with E-state index in [4.69, 9.17) is 23.0 Å². The molecule has 1 aromatic heterocycles. The number of nitrogens with one attached hydrogen (secondary N) is 9. The number of aromatic amines is 1. The van der Waals surface area contributed by atoms with E-state index in [1.807, 2.05) is 0 Å². The Balaban J connectivity index is 1.97. The number of phenolic OH excluding ortho intramolecular Hbond substituents is 1. The number of hydrogen-bond donors (Lipinski definition) is 16. The molecule has 0 aliphatic carbocycles. The first kappa shape index (κ1) is 62.3. The Morgan fingerprint density at radius 2 is 1.25 bits per heavy atom. The maximum absolute atomic E-state index is 14.6. The number of carbonyl (C=O) groups excluding carboxylic acids is 9. The number of rotatable bonds is 27. The third-order valence-corrected chi connectivity index (χ3v) is 11.2. The SMILES string of the molecule is CC(C)CN(NC(=O)N(C)NC(=O)[C@H](CCCCN)NC(=O)[C@H](Cc1c[nH]c2ccccc12)NC(=O)[C@H](Cc1ccc(O)cc1)NC(=O)[C@H](CO)NC(=O)N(CCCCN)NC(=O)N(N)C[C@H](C)O)C(=O)NCC(N)=O. The molecule has 0 aliphatic heterocycles. The molecule has 0 radical (unpaired) electrons. The number of amides is 13. The summed E-state index contributed by atoms with van der Waals surface area (Å²) in [5.41, 5.74) is 25.3. The molecular weight excluding hydrogens is 995 g/mol. The van der Waals surface area contributed by atoms with Gasteiger partial charge in [-0.2, -0.15) is 0 Å². The fourth-order valence-electron chi connectivity index (χ4n) is 7.26. The van der Waals surface area contributed by atoms with Gasteiger partial charge in [0.1, 0.15) is 29.9 Å². The molecule has 0 bridgehead atoms. The molecule has 2 aromatic carbocycles. The Morgan fingerprint density at radius 3 is 1.86 bits per heavy atom. The zero-order valence-corrected chi connectivity index (χ0v) is 43.2. The van der Waals surface area contributed by atoms with E-state index in [0.29, 0.717) is 46.3 Å². The van der Waals surface area contributed by atoms with Crippen molar-refractivity contribution >= 4 is 64.6 Å². The molecule has 5 atom stereocenters. The molecule has 3 rings (SSSR count). The number of aromatic nitrogens is 1. The summed E-state index contributed by atoms with van der Waals surface area (Å²) >= 11 is 0. The summed E-state index contributed by atoms with van der Waals surface area (Å²) < 4.78 is 0. The number of hydrazine groups is 4. The number of hydrogen-bond acceptors (Lipinski definition) is 15. The highest BCUT2D eigenvalue weighted by Crippen LogP contribution is 2.20. The van der Waals surface area contributed by atoms with Crippen molar-refractivity contribution < 1.29 is 58.5 Å². The Morgan fingerprint density at radius 1 is 0.658 bits per heavy atom. The van der Waals surface area contributed by atoms with Crippen LogP contribution in [0.1, 0.15) is 64.0 Å². The van der Waals surface area contributed by atoms with Crippen molar-refractivity contribution in [2.45, 2.75) is 96.0 Å². The second kappa shape index (κ2) is 31.7. The van der Waals surface area contributed by atoms with Gasteiger partial charge in [0, 0.05) is 50.1 Å². The minimum absolute atomic E-state index is 0.00125. The summed E-state index contributed by atoms with van der Waals surface area (Å²) in [6, 6.07) is 2.79. The summed E-state index contributed by atoms with van der Waals surface area (Å²) in [5, 5.41) is 46.4. The molecule has 29 heteroatoms. The fourth-order valence-corrected chi connectivity index (χ4v) is 7.26. The van der Waals surface area contributed by atoms with Crippen LogP contribution in [0.25, 0.3) is 10.9 Å². The van der Waals surface area contributed by atoms with E-state index >= 15 is 0 Å². The van der Waals surface area contributed by atoms with Crippen LogP contribution in [-0.2, 0) is 36.8 Å². The molecule has 0 saturated heterocycles. The minimum atomic E-state index is -1.74. The molecule has 420 valence electrons. The van der Waals surface area contributed by atoms with Crippen LogP contribution in [0.5, 0.6) is 5.75 Å². The van der Waals surface area contributed by atoms with Gasteiger partial charge >= 0.3 is 24.1 Å². The standard InChI is InChI=1S/C47H75N17O12/c1-28(2)25-64(44(73)53-24-39(50)68)59-46(75)61(4)58-43(72)35(13-7-8-18-48)54-41(70)37(22-31-23-52-34-12-6-5-11-33(31)34)56-40(69)36(21-30-14-16-32(67)17-15-30)55-42(71)38(27-65)57-45(74)63(20-10-9-19-49)60-47(76)62(51)26-29(3)66/h5-6,11-12,14-17,23,28-29,35-38,52,65-67H,7-10,13,18-22,24-27,48-49,51H2,1-4H3,(H2,50,68)(H,53,73)(H,54,70)(H,55,71)(H,56,69)(H,57,74)(H,58,72)(H,59,75)(H,60,76)/t29-,35-,36-,37-,38-/m0/s1. The van der Waals surface area contributed by atoms with E-state index in [1.54, 1.807) is 44.3 Å². The second-order valence-electron chi connectivity index (χ2n) is 18.2. The van der Waals surface area contributed by atoms with Crippen LogP contribution < -0.4 is 65.9 Å². The van der Waals surface area contributed by atoms with Crippen LogP contribution in [0, 0.1) is 5.92 Å². The van der Waals surface area contributed by atoms with Gasteiger partial charge in [0.05, 0.1) is 25.8 Å². The van der Waals surface area contributed by atoms with E-state index in [1.165, 1.54) is 38.2 Å². The number of fused-ring (bicyclic) bond motifs is 1. The van der Waals surface area contributed by atoms with Gasteiger partial charge < -0.3 is 64.1 Å². The molecule has 0 fully saturated rings. The third-order valence-electron chi connectivity index (χ3n) is 11.2. The van der Waals surface area contributed by atoms with Gasteiger partial charge in [-0.3, -0.25) is 34.4 Å². The molecule has 0 unspecified atom stereocenters. The average Bonchev–Trinajstić information content (AvgIpc) is 3.78. The lowest BCUT2D eigenvalue weighted by atomic mass is 10.0. The van der Waals surface area contributed by atoms with Crippen LogP contribution in [-0.4, -0.2) is 177 Å². The normalized spacial score (nSPS) is 12.9. The maximum atomic E-state index is 14.6. The van der Waals surface area contributed by atoms with Crippen LogP contribution in [0.2, 0.25) is 0 Å². The van der Waals surface area contributed by atoms with Gasteiger partial charge in [-0.15, -0.1) is 0 Å². The van der Waals surface area contributed by atoms with Gasteiger partial charge in [-0.05, 0) is 87.4 Å². The number of H-pyrrole nitrogens is 1. The summed E-state index contributed by atoms with van der Waals surface area (Å²) in [4.78, 5) is 124. The van der Waals surface area contributed by atoms with Crippen molar-refractivity contribution in [3.05, 3.63) is 65.9 Å². The van der Waals surface area contributed by atoms with Crippen LogP contribution in [0.3, 0.4) is 0 Å². The molecule has 29 nitrogen and oxygen atoms in total. The summed E-state index contributed by atoms with van der Waals surface area (Å²) in [5.74, 6) is 0.900. The monoisotopic (exact) mass is 1070 g/mol. The first-order valence-electron chi connectivity index (χ1n) is 24.6. The molecule has 1 heterocycles. The van der Waals surface area contributed by atoms with Crippen molar-refractivity contribution in [3.8, 4) is 5.75 Å². The van der Waals surface area contributed by atoms with Gasteiger partial charge in [0.2, 0.25) is 23.6 Å². The number of primary amides is 1. The number of aliphatic hydroxyl groups is 2. The van der Waals surface area contributed by atoms with E-state index in [2.05, 4.69) is 47.8 Å². The average molecular weight is 1070 g/mol. The van der Waals surface area contributed by atoms with Crippen LogP contribution in [0.4, 0.5) is 19.2 Å². The van der Waals surface area contributed by atoms with Crippen molar-refractivity contribution in [1.82, 2.24) is 67.9 Å². The molecule has 3 aromatic rings. The quantitative estimate of drug-likeness (QED) is 0.0160. The van der Waals surface area contributed by atoms with Crippen LogP contribution >= 0.6 is 0 Å². The number of benzene rings is 2. The van der Waals surface area contributed by atoms with Crippen molar-refractivity contribution in [1.29, 1.82) is 0 Å². The Labute approximate surface area is 439 Å². The predicted octanol–water partition coefficient (Wildman–Crippen LogP) is -2.72. The number of carbonyl (C=O) groups is 9. The summed E-state index contributed by atoms with van der Waals surface area (Å²) in [7, 11) is 1.18. The molecule has 20 N–H and O–H groups in total. The van der Waals surface area contributed by atoms with Crippen molar-refractivity contribution in [3.63, 3.8) is 0 Å². The predicted molar refractivity (Wildman–Crippen MR) is 277 cm³/mol. The number of nitrogens with two attached hydrogens (primary N) is 4. The highest BCUT2D eigenvalue weighted by molar-refractivity contribution is 5.97. The Kier molecular flexibility index (Phi) is 26.0. The topological polar surface area (TPSA) is 443 Å². The molecule has 13 amide bonds. The fraction of sp³-hybridized carbons (Fsp3) is 0.511. The van der Waals surface area contributed by atoms with E-state index in [-0.39, 0.29) is 70.1 Å². The highest BCUT2D eigenvalue weighted by Gasteiger charge is 2.34. The lowest BCUT2D eigenvalue weighted by molar-refractivity contribution is -0.134. The summed E-state index contributed by atoms with van der Waals surface area (Å²) in [6.45, 7) is 3.47. The Bertz CT molecular complexity index is 2410. The largest absolute Gasteiger partial charge is 0.508 e. The van der Waals surface area contributed by atoms with Crippen LogP contribution in [0.15, 0.2) is 54.7 Å². The zero-order chi connectivity index (χ0) is 56.5. The number of aromatic hydroxyl groups is 1. The van der Waals surface area contributed by atoms with Crippen molar-refractivity contribution in [2.24, 2.45) is 29.0 Å². The smallest absolute Gasteiger partial charge is 0.354 e. The van der Waals surface area contributed by atoms with Gasteiger partial charge in [-0.25, -0.2) is 50.9 Å². The summed E-state index contributed by atoms with van der Waals surface area (Å²) in [6.07, 6.45) is 1.66. The molecule has 0 spiro atoms. The van der Waals surface area contributed by atoms with E-state index in [9.17, 15) is 58.5 Å².